The average Bonchev–Trinajstić information content (AvgIpc) is 3.38. The molecule has 2 fully saturated rings. The number of allylic oxidation sites excluding steroid dienone is 2. The maximum Gasteiger partial charge on any atom is 0.324 e. The second kappa shape index (κ2) is 14.5. The number of hydrogen-bond donors (Lipinski definition) is 2. The van der Waals surface area contributed by atoms with Gasteiger partial charge in [-0.1, -0.05) is 39.1 Å². The molecule has 3 aromatic rings. The fourth-order valence-corrected chi connectivity index (χ4v) is 6.62. The summed E-state index contributed by atoms with van der Waals surface area (Å²) in [7, 11) is 3.91. The van der Waals surface area contributed by atoms with Gasteiger partial charge in [-0.15, -0.1) is 0 Å². The summed E-state index contributed by atoms with van der Waals surface area (Å²) in [5.74, 6) is -0.207. The molecule has 2 aliphatic rings. The number of nitrogens with zero attached hydrogens (tertiary/aromatic N) is 4. The number of nitrogens with one attached hydrogen (secondary N) is 2. The number of methoxy groups -OCH3 is 1. The number of hydrazine groups is 1. The van der Waals surface area contributed by atoms with Crippen molar-refractivity contribution >= 4 is 28.1 Å². The Hall–Kier alpha value is -3.50. The molecule has 2 aromatic heterocycles. The molecule has 248 valence electrons. The van der Waals surface area contributed by atoms with Crippen LogP contribution in [0, 0.1) is 5.41 Å². The van der Waals surface area contributed by atoms with E-state index in [4.69, 9.17) is 14.5 Å². The molecule has 0 aliphatic carbocycles. The van der Waals surface area contributed by atoms with Gasteiger partial charge < -0.3 is 23.8 Å². The third-order valence-corrected chi connectivity index (χ3v) is 9.48. The van der Waals surface area contributed by atoms with Crippen LogP contribution < -0.4 is 15.8 Å². The Bertz CT molecular complexity index is 1560. The van der Waals surface area contributed by atoms with Crippen molar-refractivity contribution in [3.63, 3.8) is 0 Å². The molecular weight excluding hydrogens is 576 g/mol. The lowest BCUT2D eigenvalue weighted by Crippen LogP contribution is -2.50. The van der Waals surface area contributed by atoms with Crippen LogP contribution in [0.1, 0.15) is 63.5 Å². The van der Waals surface area contributed by atoms with E-state index in [0.29, 0.717) is 13.0 Å². The van der Waals surface area contributed by atoms with Crippen LogP contribution in [0.15, 0.2) is 49.7 Å². The number of hydrogen-bond acceptors (Lipinski definition) is 8. The summed E-state index contributed by atoms with van der Waals surface area (Å²) >= 11 is 0. The molecule has 0 saturated carbocycles. The number of aryl methyl sites for hydroxylation is 1. The molecule has 1 aromatic carbocycles. The van der Waals surface area contributed by atoms with Gasteiger partial charge in [-0.05, 0) is 75.1 Å². The van der Waals surface area contributed by atoms with Gasteiger partial charge in [-0.3, -0.25) is 15.2 Å². The lowest BCUT2D eigenvalue weighted by molar-refractivity contribution is -0.150. The molecule has 9 heteroatoms. The maximum absolute atomic E-state index is 13.0. The fraction of sp³-hybridized carbons (Fsp3) is 0.514. The minimum absolute atomic E-state index is 0.200. The van der Waals surface area contributed by atoms with Gasteiger partial charge in [0.1, 0.15) is 6.04 Å². The van der Waals surface area contributed by atoms with E-state index in [9.17, 15) is 4.79 Å². The largest absolute Gasteiger partial charge is 0.464 e. The number of fused-ring (bicyclic) bond motifs is 1. The predicted molar refractivity (Wildman–Crippen MR) is 188 cm³/mol. The lowest BCUT2D eigenvalue weighted by Gasteiger charge is -2.34. The number of pyridine rings is 1. The minimum Gasteiger partial charge on any atom is -0.464 e. The summed E-state index contributed by atoms with van der Waals surface area (Å²) in [4.78, 5) is 22.8. The van der Waals surface area contributed by atoms with Gasteiger partial charge in [0.05, 0.1) is 36.0 Å². The monoisotopic (exact) mass is 628 g/mol. The second-order valence-corrected chi connectivity index (χ2v) is 13.5. The number of anilines is 1. The lowest BCUT2D eigenvalue weighted by atomic mass is 9.84. The highest BCUT2D eigenvalue weighted by molar-refractivity contribution is 5.95. The minimum atomic E-state index is -0.347. The number of carbonyl (C=O) groups excluding carboxylic acids is 1. The van der Waals surface area contributed by atoms with E-state index < -0.39 is 0 Å². The first-order valence-corrected chi connectivity index (χ1v) is 16.6. The van der Waals surface area contributed by atoms with Crippen molar-refractivity contribution in [2.45, 2.75) is 65.6 Å². The Morgan fingerprint density at radius 3 is 2.63 bits per heavy atom. The first-order chi connectivity index (χ1) is 22.1. The number of rotatable bonds is 12. The smallest absolute Gasteiger partial charge is 0.324 e. The van der Waals surface area contributed by atoms with Crippen LogP contribution in [0.5, 0.6) is 0 Å². The van der Waals surface area contributed by atoms with Crippen molar-refractivity contribution in [3.8, 4) is 11.3 Å². The number of carbonyl (C=O) groups is 1. The summed E-state index contributed by atoms with van der Waals surface area (Å²) in [6, 6.07) is 8.55. The normalized spacial score (nSPS) is 18.5. The third kappa shape index (κ3) is 7.23. The molecule has 9 nitrogen and oxygen atoms in total. The van der Waals surface area contributed by atoms with E-state index >= 15 is 0 Å². The highest BCUT2D eigenvalue weighted by atomic mass is 16.5. The number of benzene rings is 1. The summed E-state index contributed by atoms with van der Waals surface area (Å²) in [5, 5.41) is 1.16. The number of piperazine rings is 1. The third-order valence-electron chi connectivity index (χ3n) is 9.48. The van der Waals surface area contributed by atoms with Crippen molar-refractivity contribution in [2.75, 3.05) is 58.4 Å². The van der Waals surface area contributed by atoms with Crippen LogP contribution in [0.25, 0.3) is 27.7 Å². The summed E-state index contributed by atoms with van der Waals surface area (Å²) < 4.78 is 14.3. The number of ether oxygens (including phenoxy) is 2. The molecule has 2 N–H and O–H groups in total. The highest BCUT2D eigenvalue weighted by Crippen LogP contribution is 2.42. The average molecular weight is 629 g/mol. The van der Waals surface area contributed by atoms with Crippen LogP contribution in [0.3, 0.4) is 0 Å². The molecular formula is C37H52N6O3. The molecule has 46 heavy (non-hydrogen) atoms. The SMILES string of the molecule is C=CC(=C)c1ccc2c(c1)c(CC(C)(C)COC(=O)[C@@H]1CCCNN1)c(-c1cc(N3CCN(C)CC3)cnc1[C@H](C)OC)n2CC. The summed E-state index contributed by atoms with van der Waals surface area (Å²) in [6.45, 7) is 22.7. The molecule has 0 spiro atoms. The Balaban J connectivity index is 1.64. The van der Waals surface area contributed by atoms with Gasteiger partial charge >= 0.3 is 5.97 Å². The Morgan fingerprint density at radius 2 is 1.98 bits per heavy atom. The first-order valence-electron chi connectivity index (χ1n) is 16.6. The molecule has 2 atom stereocenters. The predicted octanol–water partition coefficient (Wildman–Crippen LogP) is 5.75. The molecule has 0 bridgehead atoms. The fourth-order valence-electron chi connectivity index (χ4n) is 6.62. The van der Waals surface area contributed by atoms with Crippen molar-refractivity contribution in [3.05, 3.63) is 66.5 Å². The molecule has 2 aliphatic heterocycles. The van der Waals surface area contributed by atoms with Crippen LogP contribution in [-0.4, -0.2) is 80.0 Å². The van der Waals surface area contributed by atoms with Crippen molar-refractivity contribution in [1.29, 1.82) is 0 Å². The van der Waals surface area contributed by atoms with Crippen molar-refractivity contribution in [2.24, 2.45) is 5.41 Å². The van der Waals surface area contributed by atoms with E-state index in [1.54, 1.807) is 13.2 Å². The maximum atomic E-state index is 13.0. The first kappa shape index (κ1) is 33.9. The van der Waals surface area contributed by atoms with E-state index in [0.717, 1.165) is 96.8 Å². The molecule has 0 unspecified atom stereocenters. The van der Waals surface area contributed by atoms with E-state index in [1.165, 1.54) is 5.56 Å². The molecule has 0 radical (unpaired) electrons. The zero-order valence-electron chi connectivity index (χ0n) is 28.6. The van der Waals surface area contributed by atoms with Gasteiger partial charge in [-0.25, -0.2) is 5.43 Å². The van der Waals surface area contributed by atoms with Crippen molar-refractivity contribution in [1.82, 2.24) is 25.3 Å². The van der Waals surface area contributed by atoms with Gasteiger partial charge in [0.25, 0.3) is 0 Å². The van der Waals surface area contributed by atoms with Gasteiger partial charge in [0, 0.05) is 68.3 Å². The number of likely N-dealkylation sites (N-methyl/N-ethyl adjacent to an activating group) is 1. The zero-order chi connectivity index (χ0) is 33.0. The van der Waals surface area contributed by atoms with Crippen LogP contribution in [-0.2, 0) is 27.2 Å². The molecule has 2 saturated heterocycles. The van der Waals surface area contributed by atoms with Crippen molar-refractivity contribution < 1.29 is 14.3 Å². The number of esters is 1. The topological polar surface area (TPSA) is 83.9 Å². The van der Waals surface area contributed by atoms with Gasteiger partial charge in [-0.2, -0.15) is 0 Å². The summed E-state index contributed by atoms with van der Waals surface area (Å²) in [5.41, 5.74) is 14.3. The molecule has 4 heterocycles. The highest BCUT2D eigenvalue weighted by Gasteiger charge is 2.31. The van der Waals surface area contributed by atoms with E-state index in [1.807, 2.05) is 6.20 Å². The Morgan fingerprint density at radius 1 is 1.22 bits per heavy atom. The molecule has 0 amide bonds. The second-order valence-electron chi connectivity index (χ2n) is 13.5. The van der Waals surface area contributed by atoms with Crippen LogP contribution in [0.2, 0.25) is 0 Å². The van der Waals surface area contributed by atoms with E-state index in [-0.39, 0.29) is 23.5 Å². The van der Waals surface area contributed by atoms with Gasteiger partial charge in [0.15, 0.2) is 0 Å². The molecule has 5 rings (SSSR count). The van der Waals surface area contributed by atoms with E-state index in [2.05, 4.69) is 97.4 Å². The quantitative estimate of drug-likeness (QED) is 0.194. The summed E-state index contributed by atoms with van der Waals surface area (Å²) in [6.07, 6.45) is 6.01. The van der Waals surface area contributed by atoms with Crippen LogP contribution >= 0.6 is 0 Å². The Labute approximate surface area is 274 Å². The standard InChI is InChI=1S/C37H52N6O3/c1-9-25(3)27-13-14-33-29(20-27)31(22-37(5,6)24-46-36(44)32-12-11-15-39-40-32)35(43(33)10-2)30-21-28(23-38-34(30)26(4)45-8)42-18-16-41(7)17-19-42/h9,13-14,20-21,23,26,32,39-40H,1,3,10-12,15-19,22,24H2,2,4-8H3/t26-,32-/m0/s1. The Kier molecular flexibility index (Phi) is 10.7. The van der Waals surface area contributed by atoms with Crippen LogP contribution in [0.4, 0.5) is 5.69 Å². The zero-order valence-corrected chi connectivity index (χ0v) is 28.6. The van der Waals surface area contributed by atoms with Gasteiger partial charge in [0.2, 0.25) is 0 Å². The number of aromatic nitrogens is 2.